The molecular weight excluding hydrogens is 263 g/mol. The number of pyridine rings is 1. The molecule has 17 heavy (non-hydrogen) atoms. The lowest BCUT2D eigenvalue weighted by atomic mass is 10.1. The number of nitrogens with one attached hydrogen (secondary N) is 1. The van der Waals surface area contributed by atoms with Crippen molar-refractivity contribution in [3.05, 3.63) is 22.3 Å². The number of carbonyl (C=O) groups is 1. The van der Waals surface area contributed by atoms with E-state index >= 15 is 0 Å². The van der Waals surface area contributed by atoms with Gasteiger partial charge in [0.15, 0.2) is 0 Å². The monoisotopic (exact) mass is 274 g/mol. The van der Waals surface area contributed by atoms with Gasteiger partial charge >= 0.3 is 0 Å². The predicted octanol–water partition coefficient (Wildman–Crippen LogP) is 2.90. The Hall–Kier alpha value is -0.840. The number of nitrogens with zero attached hydrogens (tertiary/aromatic N) is 1. The molecule has 1 saturated heterocycles. The number of rotatable bonds is 2. The molecule has 1 amide bonds. The highest BCUT2D eigenvalue weighted by molar-refractivity contribution is 6.42. The van der Waals surface area contributed by atoms with Crippen molar-refractivity contribution in [3.63, 3.8) is 0 Å². The van der Waals surface area contributed by atoms with Crippen LogP contribution in [0.25, 0.3) is 0 Å². The summed E-state index contributed by atoms with van der Waals surface area (Å²) in [6, 6.07) is 1.52. The first kappa shape index (κ1) is 12.6. The fourth-order valence-electron chi connectivity index (χ4n) is 1.64. The van der Waals surface area contributed by atoms with Gasteiger partial charge in [0.2, 0.25) is 0 Å². The summed E-state index contributed by atoms with van der Waals surface area (Å²) in [5.74, 6) is 0.203. The molecule has 0 spiro atoms. The van der Waals surface area contributed by atoms with Gasteiger partial charge in [0.25, 0.3) is 5.91 Å². The molecule has 6 heteroatoms. The Balaban J connectivity index is 1.99. The molecule has 0 bridgehead atoms. The zero-order valence-corrected chi connectivity index (χ0v) is 10.6. The van der Waals surface area contributed by atoms with E-state index in [4.69, 9.17) is 27.9 Å². The summed E-state index contributed by atoms with van der Waals surface area (Å²) in [6.45, 7) is 0.632. The van der Waals surface area contributed by atoms with Gasteiger partial charge in [-0.2, -0.15) is 0 Å². The van der Waals surface area contributed by atoms with Gasteiger partial charge < -0.3 is 10.1 Å². The van der Waals surface area contributed by atoms with Crippen LogP contribution in [-0.4, -0.2) is 23.6 Å². The molecular formula is C11H12Cl2N2O2. The molecule has 0 unspecified atom stereocenters. The third-order valence-electron chi connectivity index (χ3n) is 2.53. The molecule has 1 fully saturated rings. The average Bonchev–Trinajstić information content (AvgIpc) is 2.35. The molecule has 1 aromatic rings. The van der Waals surface area contributed by atoms with Crippen LogP contribution in [0.2, 0.25) is 10.0 Å². The van der Waals surface area contributed by atoms with Gasteiger partial charge in [0.1, 0.15) is 11.9 Å². The van der Waals surface area contributed by atoms with Crippen LogP contribution in [0.15, 0.2) is 12.3 Å². The van der Waals surface area contributed by atoms with Crippen LogP contribution < -0.4 is 5.32 Å². The number of ether oxygens (including phenoxy) is 1. The number of carbonyl (C=O) groups excluding carboxylic acids is 1. The summed E-state index contributed by atoms with van der Waals surface area (Å²) in [6.07, 6.45) is 3.77. The normalized spacial score (nSPS) is 20.0. The quantitative estimate of drug-likeness (QED) is 0.902. The fourth-order valence-corrected chi connectivity index (χ4v) is 1.89. The van der Waals surface area contributed by atoms with E-state index in [0.717, 1.165) is 19.3 Å². The van der Waals surface area contributed by atoms with Crippen LogP contribution in [0.1, 0.15) is 19.3 Å². The molecule has 1 aliphatic rings. The van der Waals surface area contributed by atoms with Crippen molar-refractivity contribution in [1.29, 1.82) is 0 Å². The van der Waals surface area contributed by atoms with Crippen molar-refractivity contribution in [2.75, 3.05) is 11.9 Å². The molecule has 1 atom stereocenters. The maximum Gasteiger partial charge on any atom is 0.254 e. The van der Waals surface area contributed by atoms with Gasteiger partial charge in [-0.15, -0.1) is 0 Å². The Morgan fingerprint density at radius 2 is 2.24 bits per heavy atom. The number of aromatic nitrogens is 1. The van der Waals surface area contributed by atoms with E-state index < -0.39 is 0 Å². The summed E-state index contributed by atoms with van der Waals surface area (Å²) in [4.78, 5) is 15.8. The van der Waals surface area contributed by atoms with Gasteiger partial charge in [-0.05, 0) is 19.3 Å². The van der Waals surface area contributed by atoms with Crippen molar-refractivity contribution >= 4 is 34.9 Å². The van der Waals surface area contributed by atoms with Crippen molar-refractivity contribution < 1.29 is 9.53 Å². The summed E-state index contributed by atoms with van der Waals surface area (Å²) < 4.78 is 5.37. The smallest absolute Gasteiger partial charge is 0.254 e. The topological polar surface area (TPSA) is 51.2 Å². The maximum atomic E-state index is 11.8. The summed E-state index contributed by atoms with van der Waals surface area (Å²) in [5.41, 5.74) is 0. The van der Waals surface area contributed by atoms with Crippen LogP contribution in [0.4, 0.5) is 5.82 Å². The van der Waals surface area contributed by atoms with Crippen molar-refractivity contribution in [1.82, 2.24) is 4.98 Å². The Bertz CT molecular complexity index is 420. The standard InChI is InChI=1S/C11H12Cl2N2O2/c12-7-5-10(14-6-8(7)13)15-11(16)9-3-1-2-4-17-9/h5-6,9H,1-4H2,(H,14,15,16)/t9-/m1/s1. The lowest BCUT2D eigenvalue weighted by molar-refractivity contribution is -0.130. The zero-order chi connectivity index (χ0) is 12.3. The van der Waals surface area contributed by atoms with Crippen LogP contribution in [0.5, 0.6) is 0 Å². The molecule has 2 heterocycles. The fraction of sp³-hybridized carbons (Fsp3) is 0.455. The van der Waals surface area contributed by atoms with E-state index in [1.165, 1.54) is 12.3 Å². The highest BCUT2D eigenvalue weighted by Crippen LogP contribution is 2.23. The number of hydrogen-bond acceptors (Lipinski definition) is 3. The molecule has 2 rings (SSSR count). The van der Waals surface area contributed by atoms with Crippen LogP contribution in [0.3, 0.4) is 0 Å². The minimum absolute atomic E-state index is 0.185. The molecule has 0 radical (unpaired) electrons. The Kier molecular flexibility index (Phi) is 4.20. The van der Waals surface area contributed by atoms with Crippen molar-refractivity contribution in [3.8, 4) is 0 Å². The Labute approximate surface area is 109 Å². The minimum atomic E-state index is -0.389. The number of hydrogen-bond donors (Lipinski definition) is 1. The molecule has 0 aromatic carbocycles. The zero-order valence-electron chi connectivity index (χ0n) is 9.08. The largest absolute Gasteiger partial charge is 0.368 e. The van der Waals surface area contributed by atoms with E-state index in [0.29, 0.717) is 22.5 Å². The molecule has 1 aliphatic heterocycles. The molecule has 4 nitrogen and oxygen atoms in total. The lowest BCUT2D eigenvalue weighted by Gasteiger charge is -2.21. The maximum absolute atomic E-state index is 11.8. The van der Waals surface area contributed by atoms with Crippen LogP contribution in [0, 0.1) is 0 Å². The number of amides is 1. The third-order valence-corrected chi connectivity index (χ3v) is 3.24. The highest BCUT2D eigenvalue weighted by Gasteiger charge is 2.22. The predicted molar refractivity (Wildman–Crippen MR) is 66.5 cm³/mol. The summed E-state index contributed by atoms with van der Waals surface area (Å²) >= 11 is 11.6. The van der Waals surface area contributed by atoms with Gasteiger partial charge in [-0.3, -0.25) is 4.79 Å². The lowest BCUT2D eigenvalue weighted by Crippen LogP contribution is -2.33. The minimum Gasteiger partial charge on any atom is -0.368 e. The van der Waals surface area contributed by atoms with Gasteiger partial charge in [-0.1, -0.05) is 23.2 Å². The second-order valence-electron chi connectivity index (χ2n) is 3.83. The first-order valence-electron chi connectivity index (χ1n) is 5.40. The average molecular weight is 275 g/mol. The summed E-state index contributed by atoms with van der Waals surface area (Å²) in [5, 5.41) is 3.38. The molecule has 1 N–H and O–H groups in total. The van der Waals surface area contributed by atoms with Crippen LogP contribution in [-0.2, 0) is 9.53 Å². The second kappa shape index (κ2) is 5.67. The first-order valence-corrected chi connectivity index (χ1v) is 6.16. The second-order valence-corrected chi connectivity index (χ2v) is 4.64. The molecule has 0 saturated carbocycles. The van der Waals surface area contributed by atoms with E-state index in [-0.39, 0.29) is 12.0 Å². The number of anilines is 1. The van der Waals surface area contributed by atoms with E-state index in [2.05, 4.69) is 10.3 Å². The van der Waals surface area contributed by atoms with Gasteiger partial charge in [0, 0.05) is 18.9 Å². The van der Waals surface area contributed by atoms with Crippen molar-refractivity contribution in [2.45, 2.75) is 25.4 Å². The third kappa shape index (κ3) is 3.31. The Morgan fingerprint density at radius 3 is 2.88 bits per heavy atom. The van der Waals surface area contributed by atoms with E-state index in [1.807, 2.05) is 0 Å². The SMILES string of the molecule is O=C(Nc1cc(Cl)c(Cl)cn1)[C@H]1CCCCO1. The first-order chi connectivity index (χ1) is 8.16. The van der Waals surface area contributed by atoms with Gasteiger partial charge in [-0.25, -0.2) is 4.98 Å². The van der Waals surface area contributed by atoms with Crippen molar-refractivity contribution in [2.24, 2.45) is 0 Å². The number of halogens is 2. The molecule has 92 valence electrons. The summed E-state index contributed by atoms with van der Waals surface area (Å²) in [7, 11) is 0. The van der Waals surface area contributed by atoms with Crippen LogP contribution >= 0.6 is 23.2 Å². The van der Waals surface area contributed by atoms with Gasteiger partial charge in [0.05, 0.1) is 10.0 Å². The molecule has 0 aliphatic carbocycles. The van der Waals surface area contributed by atoms with E-state index in [9.17, 15) is 4.79 Å². The van der Waals surface area contributed by atoms with E-state index in [1.54, 1.807) is 0 Å². The highest BCUT2D eigenvalue weighted by atomic mass is 35.5. The molecule has 1 aromatic heterocycles. The Morgan fingerprint density at radius 1 is 1.41 bits per heavy atom.